The number of halogens is 1. The number of rotatable bonds is 0. The van der Waals surface area contributed by atoms with Crippen molar-refractivity contribution in [1.29, 1.82) is 0 Å². The lowest BCUT2D eigenvalue weighted by Gasteiger charge is -2.21. The number of hydrogen-bond donors (Lipinski definition) is 1. The quantitative estimate of drug-likeness (QED) is 0.733. The largest absolute Gasteiger partial charge is 0.358 e. The van der Waals surface area contributed by atoms with E-state index in [9.17, 15) is 0 Å². The molecule has 1 nitrogen and oxygen atoms in total. The van der Waals surface area contributed by atoms with Crippen molar-refractivity contribution in [3.63, 3.8) is 0 Å². The normalized spacial score (nSPS) is 17.8. The van der Waals surface area contributed by atoms with Gasteiger partial charge in [0.05, 0.1) is 0 Å². The highest BCUT2D eigenvalue weighted by Gasteiger charge is 2.18. The summed E-state index contributed by atoms with van der Waals surface area (Å²) in [5, 5.41) is 3.49. The first-order valence-corrected chi connectivity index (χ1v) is 5.59. The van der Waals surface area contributed by atoms with Gasteiger partial charge in [0.15, 0.2) is 0 Å². The lowest BCUT2D eigenvalue weighted by atomic mass is 9.94. The summed E-state index contributed by atoms with van der Waals surface area (Å²) < 4.78 is 1.13. The first kappa shape index (κ1) is 8.30. The SMILES string of the molecule is Brc1ccc2c(c1)NC1=C(C=C2)CC1. The van der Waals surface area contributed by atoms with E-state index in [2.05, 4.69) is 51.6 Å². The number of anilines is 1. The average molecular weight is 248 g/mol. The van der Waals surface area contributed by atoms with Gasteiger partial charge in [0.25, 0.3) is 0 Å². The van der Waals surface area contributed by atoms with Gasteiger partial charge in [-0.05, 0) is 36.1 Å². The number of fused-ring (bicyclic) bond motifs is 1. The fourth-order valence-electron chi connectivity index (χ4n) is 1.86. The van der Waals surface area contributed by atoms with Gasteiger partial charge in [-0.15, -0.1) is 0 Å². The highest BCUT2D eigenvalue weighted by atomic mass is 79.9. The Morgan fingerprint density at radius 1 is 1.14 bits per heavy atom. The van der Waals surface area contributed by atoms with Crippen LogP contribution >= 0.6 is 15.9 Å². The molecule has 14 heavy (non-hydrogen) atoms. The second kappa shape index (κ2) is 2.99. The summed E-state index contributed by atoms with van der Waals surface area (Å²) in [6, 6.07) is 6.34. The maximum atomic E-state index is 3.49. The molecule has 0 saturated heterocycles. The molecular weight excluding hydrogens is 238 g/mol. The van der Waals surface area contributed by atoms with Crippen LogP contribution in [0.15, 0.2) is 40.0 Å². The molecule has 0 spiro atoms. The predicted molar refractivity (Wildman–Crippen MR) is 63.1 cm³/mol. The summed E-state index contributed by atoms with van der Waals surface area (Å²) in [5.41, 5.74) is 5.32. The van der Waals surface area contributed by atoms with E-state index in [1.54, 1.807) is 0 Å². The Morgan fingerprint density at radius 3 is 2.86 bits per heavy atom. The molecule has 0 aromatic heterocycles. The molecule has 0 unspecified atom stereocenters. The maximum absolute atomic E-state index is 3.49. The van der Waals surface area contributed by atoms with E-state index in [0.29, 0.717) is 0 Å². The third-order valence-electron chi connectivity index (χ3n) is 2.80. The van der Waals surface area contributed by atoms with Crippen LogP contribution in [-0.4, -0.2) is 0 Å². The molecule has 1 aliphatic heterocycles. The van der Waals surface area contributed by atoms with E-state index in [4.69, 9.17) is 0 Å². The Hall–Kier alpha value is -1.02. The molecule has 0 bridgehead atoms. The van der Waals surface area contributed by atoms with Gasteiger partial charge in [0.1, 0.15) is 0 Å². The van der Waals surface area contributed by atoms with Crippen LogP contribution in [0.2, 0.25) is 0 Å². The van der Waals surface area contributed by atoms with Crippen LogP contribution in [-0.2, 0) is 0 Å². The molecule has 70 valence electrons. The Kier molecular flexibility index (Phi) is 1.77. The zero-order valence-corrected chi connectivity index (χ0v) is 9.26. The van der Waals surface area contributed by atoms with Crippen LogP contribution in [0.5, 0.6) is 0 Å². The van der Waals surface area contributed by atoms with Crippen LogP contribution in [0, 0.1) is 0 Å². The molecule has 0 atom stereocenters. The van der Waals surface area contributed by atoms with E-state index >= 15 is 0 Å². The van der Waals surface area contributed by atoms with Crippen molar-refractivity contribution in [2.24, 2.45) is 0 Å². The van der Waals surface area contributed by atoms with E-state index in [0.717, 1.165) is 4.47 Å². The summed E-state index contributed by atoms with van der Waals surface area (Å²) >= 11 is 3.49. The minimum atomic E-state index is 1.13. The number of hydrogen-bond acceptors (Lipinski definition) is 1. The molecular formula is C12H10BrN. The number of allylic oxidation sites excluding steroid dienone is 3. The predicted octanol–water partition coefficient (Wildman–Crippen LogP) is 3.94. The van der Waals surface area contributed by atoms with Gasteiger partial charge in [-0.25, -0.2) is 0 Å². The minimum absolute atomic E-state index is 1.13. The highest BCUT2D eigenvalue weighted by molar-refractivity contribution is 9.10. The minimum Gasteiger partial charge on any atom is -0.358 e. The van der Waals surface area contributed by atoms with Gasteiger partial charge in [0.2, 0.25) is 0 Å². The Bertz CT molecular complexity index is 457. The molecule has 0 radical (unpaired) electrons. The van der Waals surface area contributed by atoms with E-state index in [-0.39, 0.29) is 0 Å². The van der Waals surface area contributed by atoms with E-state index in [1.165, 1.54) is 35.4 Å². The van der Waals surface area contributed by atoms with Gasteiger partial charge >= 0.3 is 0 Å². The van der Waals surface area contributed by atoms with Crippen molar-refractivity contribution < 1.29 is 0 Å². The topological polar surface area (TPSA) is 12.0 Å². The van der Waals surface area contributed by atoms with E-state index < -0.39 is 0 Å². The van der Waals surface area contributed by atoms with Crippen LogP contribution in [0.25, 0.3) is 6.08 Å². The summed E-state index contributed by atoms with van der Waals surface area (Å²) in [4.78, 5) is 0. The number of benzene rings is 1. The van der Waals surface area contributed by atoms with Crippen molar-refractivity contribution in [2.45, 2.75) is 12.8 Å². The van der Waals surface area contributed by atoms with Crippen LogP contribution in [0.4, 0.5) is 5.69 Å². The molecule has 2 aliphatic rings. The third-order valence-corrected chi connectivity index (χ3v) is 3.29. The molecule has 0 saturated carbocycles. The summed E-state index contributed by atoms with van der Waals surface area (Å²) in [6.07, 6.45) is 6.82. The molecule has 3 rings (SSSR count). The molecule has 1 aliphatic carbocycles. The first-order chi connectivity index (χ1) is 6.83. The molecule has 1 heterocycles. The molecule has 1 aromatic rings. The van der Waals surface area contributed by atoms with Gasteiger partial charge in [-0.3, -0.25) is 0 Å². The fraction of sp³-hybridized carbons (Fsp3) is 0.167. The van der Waals surface area contributed by atoms with Crippen molar-refractivity contribution in [1.82, 2.24) is 0 Å². The van der Waals surface area contributed by atoms with Crippen molar-refractivity contribution in [2.75, 3.05) is 5.32 Å². The first-order valence-electron chi connectivity index (χ1n) is 4.79. The summed E-state index contributed by atoms with van der Waals surface area (Å²) in [7, 11) is 0. The Morgan fingerprint density at radius 2 is 2.07 bits per heavy atom. The third kappa shape index (κ3) is 1.22. The molecule has 0 fully saturated rings. The highest BCUT2D eigenvalue weighted by Crippen LogP contribution is 2.35. The van der Waals surface area contributed by atoms with Gasteiger partial charge in [-0.2, -0.15) is 0 Å². The van der Waals surface area contributed by atoms with Crippen molar-refractivity contribution >= 4 is 27.7 Å². The molecule has 0 amide bonds. The van der Waals surface area contributed by atoms with E-state index in [1.807, 2.05) is 0 Å². The smallest absolute Gasteiger partial charge is 0.0466 e. The molecule has 1 aromatic carbocycles. The standard InChI is InChI=1S/C12H10BrN/c13-10-5-3-9-2-1-8-4-6-11(8)14-12(9)7-10/h1-3,5,7,14H,4,6H2. The monoisotopic (exact) mass is 247 g/mol. The number of nitrogens with one attached hydrogen (secondary N) is 1. The van der Waals surface area contributed by atoms with Gasteiger partial charge in [0, 0.05) is 15.9 Å². The van der Waals surface area contributed by atoms with Gasteiger partial charge in [-0.1, -0.05) is 34.1 Å². The zero-order valence-electron chi connectivity index (χ0n) is 7.68. The fourth-order valence-corrected chi connectivity index (χ4v) is 2.22. The zero-order chi connectivity index (χ0) is 9.54. The Balaban J connectivity index is 2.12. The summed E-state index contributed by atoms with van der Waals surface area (Å²) in [6.45, 7) is 0. The van der Waals surface area contributed by atoms with Crippen molar-refractivity contribution in [3.8, 4) is 0 Å². The Labute approximate surface area is 91.6 Å². The maximum Gasteiger partial charge on any atom is 0.0466 e. The van der Waals surface area contributed by atoms with Gasteiger partial charge < -0.3 is 5.32 Å². The molecule has 2 heteroatoms. The second-order valence-electron chi connectivity index (χ2n) is 3.69. The average Bonchev–Trinajstić information content (AvgIpc) is 2.25. The van der Waals surface area contributed by atoms with Crippen molar-refractivity contribution in [3.05, 3.63) is 45.6 Å². The lowest BCUT2D eigenvalue weighted by Crippen LogP contribution is -2.10. The van der Waals surface area contributed by atoms with Crippen LogP contribution in [0.3, 0.4) is 0 Å². The lowest BCUT2D eigenvalue weighted by molar-refractivity contribution is 0.836. The summed E-state index contributed by atoms with van der Waals surface area (Å²) in [5.74, 6) is 0. The van der Waals surface area contributed by atoms with Crippen LogP contribution < -0.4 is 5.32 Å². The second-order valence-corrected chi connectivity index (χ2v) is 4.61. The molecule has 1 N–H and O–H groups in total. The van der Waals surface area contributed by atoms with Crippen LogP contribution in [0.1, 0.15) is 18.4 Å².